The number of hydrogen-bond donors (Lipinski definition) is 2. The van der Waals surface area contributed by atoms with Crippen LogP contribution in [0.4, 0.5) is 5.82 Å². The number of benzene rings is 1. The molecule has 1 aromatic carbocycles. The molecule has 0 bridgehead atoms. The first-order valence-electron chi connectivity index (χ1n) is 7.74. The fourth-order valence-corrected chi connectivity index (χ4v) is 2.64. The molecule has 120 valence electrons. The van der Waals surface area contributed by atoms with Gasteiger partial charge < -0.3 is 10.2 Å². The molecule has 1 aliphatic heterocycles. The average molecular weight is 312 g/mol. The van der Waals surface area contributed by atoms with Crippen molar-refractivity contribution in [3.8, 4) is 0 Å². The summed E-state index contributed by atoms with van der Waals surface area (Å²) >= 11 is 0. The molecule has 6 nitrogen and oxygen atoms in total. The van der Waals surface area contributed by atoms with Crippen LogP contribution >= 0.6 is 0 Å². The largest absolute Gasteiger partial charge is 0.338 e. The first-order chi connectivity index (χ1) is 11.0. The van der Waals surface area contributed by atoms with Crippen LogP contribution in [-0.2, 0) is 11.3 Å². The molecule has 0 aliphatic carbocycles. The molecule has 2 aromatic rings. The van der Waals surface area contributed by atoms with E-state index in [-0.39, 0.29) is 11.8 Å². The molecule has 0 saturated carbocycles. The number of nitrogens with zero attached hydrogens (tertiary/aromatic N) is 2. The van der Waals surface area contributed by atoms with E-state index in [0.717, 1.165) is 29.8 Å². The number of nitrogens with one attached hydrogen (secondary N) is 2. The molecule has 23 heavy (non-hydrogen) atoms. The lowest BCUT2D eigenvalue weighted by atomic mass is 10.1. The zero-order valence-corrected chi connectivity index (χ0v) is 13.3. The summed E-state index contributed by atoms with van der Waals surface area (Å²) in [5.41, 5.74) is 3.47. The third-order valence-corrected chi connectivity index (χ3v) is 4.25. The predicted molar refractivity (Wildman–Crippen MR) is 87.1 cm³/mol. The number of aryl methyl sites for hydroxylation is 1. The Labute approximate surface area is 134 Å². The van der Waals surface area contributed by atoms with Crippen LogP contribution in [0.25, 0.3) is 0 Å². The van der Waals surface area contributed by atoms with Gasteiger partial charge in [0.05, 0.1) is 0 Å². The first-order valence-corrected chi connectivity index (χ1v) is 7.74. The summed E-state index contributed by atoms with van der Waals surface area (Å²) in [6, 6.07) is 7.34. The minimum atomic E-state index is -0.191. The van der Waals surface area contributed by atoms with Gasteiger partial charge in [0, 0.05) is 36.3 Å². The lowest BCUT2D eigenvalue weighted by molar-refractivity contribution is -0.128. The van der Waals surface area contributed by atoms with Crippen molar-refractivity contribution in [3.05, 3.63) is 46.6 Å². The van der Waals surface area contributed by atoms with Crippen molar-refractivity contribution in [1.29, 1.82) is 0 Å². The number of aromatic amines is 1. The van der Waals surface area contributed by atoms with Gasteiger partial charge in [-0.05, 0) is 38.0 Å². The van der Waals surface area contributed by atoms with Gasteiger partial charge in [-0.1, -0.05) is 12.1 Å². The van der Waals surface area contributed by atoms with E-state index in [0.29, 0.717) is 24.3 Å². The van der Waals surface area contributed by atoms with Crippen LogP contribution < -0.4 is 5.32 Å². The number of rotatable bonds is 4. The van der Waals surface area contributed by atoms with Crippen LogP contribution in [-0.4, -0.2) is 33.5 Å². The minimum Gasteiger partial charge on any atom is -0.338 e. The normalized spacial score (nSPS) is 14.3. The number of likely N-dealkylation sites (tertiary alicyclic amines) is 1. The molecule has 1 saturated heterocycles. The van der Waals surface area contributed by atoms with Crippen molar-refractivity contribution in [2.75, 3.05) is 11.9 Å². The number of carbonyl (C=O) groups excluding carboxylic acids is 2. The Morgan fingerprint density at radius 2 is 2.04 bits per heavy atom. The molecular formula is C17H20N4O2. The van der Waals surface area contributed by atoms with Crippen LogP contribution in [0.1, 0.15) is 40.0 Å². The van der Waals surface area contributed by atoms with Crippen molar-refractivity contribution < 1.29 is 9.59 Å². The highest BCUT2D eigenvalue weighted by molar-refractivity contribution is 6.04. The van der Waals surface area contributed by atoms with E-state index in [1.165, 1.54) is 0 Å². The van der Waals surface area contributed by atoms with E-state index < -0.39 is 0 Å². The smallest absolute Gasteiger partial charge is 0.256 e. The highest BCUT2D eigenvalue weighted by atomic mass is 16.2. The quantitative estimate of drug-likeness (QED) is 0.910. The number of aromatic nitrogens is 2. The zero-order chi connectivity index (χ0) is 16.4. The van der Waals surface area contributed by atoms with E-state index in [9.17, 15) is 9.59 Å². The second-order valence-electron chi connectivity index (χ2n) is 5.89. The highest BCUT2D eigenvalue weighted by Crippen LogP contribution is 2.17. The van der Waals surface area contributed by atoms with Gasteiger partial charge >= 0.3 is 0 Å². The van der Waals surface area contributed by atoms with Gasteiger partial charge in [0.2, 0.25) is 5.91 Å². The average Bonchev–Trinajstić information content (AvgIpc) is 3.08. The molecule has 0 radical (unpaired) electrons. The van der Waals surface area contributed by atoms with Gasteiger partial charge in [0.15, 0.2) is 5.82 Å². The number of hydrogen-bond acceptors (Lipinski definition) is 3. The molecule has 2 heterocycles. The zero-order valence-electron chi connectivity index (χ0n) is 13.3. The molecule has 0 spiro atoms. The third-order valence-electron chi connectivity index (χ3n) is 4.25. The molecule has 0 atom stereocenters. The number of carbonyl (C=O) groups is 2. The lowest BCUT2D eigenvalue weighted by Gasteiger charge is -2.15. The van der Waals surface area contributed by atoms with Crippen molar-refractivity contribution in [2.24, 2.45) is 0 Å². The van der Waals surface area contributed by atoms with Crippen LogP contribution in [0.2, 0.25) is 0 Å². The summed E-state index contributed by atoms with van der Waals surface area (Å²) in [5, 5.41) is 9.72. The molecule has 1 fully saturated rings. The Bertz CT molecular complexity index is 734. The number of H-pyrrole nitrogens is 1. The van der Waals surface area contributed by atoms with Gasteiger partial charge in [-0.2, -0.15) is 5.10 Å². The minimum absolute atomic E-state index is 0.191. The van der Waals surface area contributed by atoms with Crippen molar-refractivity contribution >= 4 is 17.6 Å². The number of amides is 2. The van der Waals surface area contributed by atoms with Crippen LogP contribution in [0.3, 0.4) is 0 Å². The summed E-state index contributed by atoms with van der Waals surface area (Å²) in [6.07, 6.45) is 1.57. The summed E-state index contributed by atoms with van der Waals surface area (Å²) in [4.78, 5) is 25.7. The molecule has 1 aromatic heterocycles. The van der Waals surface area contributed by atoms with Crippen molar-refractivity contribution in [2.45, 2.75) is 33.2 Å². The third kappa shape index (κ3) is 3.26. The van der Waals surface area contributed by atoms with Gasteiger partial charge in [-0.25, -0.2) is 0 Å². The molecular weight excluding hydrogens is 292 g/mol. The second-order valence-corrected chi connectivity index (χ2v) is 5.89. The van der Waals surface area contributed by atoms with E-state index in [2.05, 4.69) is 15.5 Å². The van der Waals surface area contributed by atoms with Gasteiger partial charge in [-0.15, -0.1) is 0 Å². The Hall–Kier alpha value is -2.63. The van der Waals surface area contributed by atoms with E-state index >= 15 is 0 Å². The molecule has 1 aliphatic rings. The molecule has 0 unspecified atom stereocenters. The Balaban J connectivity index is 1.65. The molecule has 2 amide bonds. The van der Waals surface area contributed by atoms with Crippen LogP contribution in [0.5, 0.6) is 0 Å². The molecule has 6 heteroatoms. The van der Waals surface area contributed by atoms with Gasteiger partial charge in [0.1, 0.15) is 0 Å². The van der Waals surface area contributed by atoms with Gasteiger partial charge in [0.25, 0.3) is 5.91 Å². The Morgan fingerprint density at radius 3 is 2.61 bits per heavy atom. The summed E-state index contributed by atoms with van der Waals surface area (Å²) in [7, 11) is 0. The second kappa shape index (κ2) is 6.24. The lowest BCUT2D eigenvalue weighted by Crippen LogP contribution is -2.23. The monoisotopic (exact) mass is 312 g/mol. The molecule has 2 N–H and O–H groups in total. The topological polar surface area (TPSA) is 78.1 Å². The Kier molecular flexibility index (Phi) is 4.14. The summed E-state index contributed by atoms with van der Waals surface area (Å²) in [5.74, 6) is 0.568. The maximum Gasteiger partial charge on any atom is 0.256 e. The predicted octanol–water partition coefficient (Wildman–Crippen LogP) is 2.40. The first kappa shape index (κ1) is 15.3. The number of anilines is 1. The standard InChI is InChI=1S/C17H20N4O2/c1-11-12(2)19-20-16(11)18-17(23)14-7-5-13(6-8-14)10-21-9-3-4-15(21)22/h5-8H,3-4,9-10H2,1-2H3,(H2,18,19,20,23). The highest BCUT2D eigenvalue weighted by Gasteiger charge is 2.20. The Morgan fingerprint density at radius 1 is 1.30 bits per heavy atom. The van der Waals surface area contributed by atoms with E-state index in [1.807, 2.05) is 30.9 Å². The summed E-state index contributed by atoms with van der Waals surface area (Å²) in [6.45, 7) is 5.24. The van der Waals surface area contributed by atoms with Gasteiger partial charge in [-0.3, -0.25) is 14.7 Å². The summed E-state index contributed by atoms with van der Waals surface area (Å²) < 4.78 is 0. The van der Waals surface area contributed by atoms with Crippen LogP contribution in [0.15, 0.2) is 24.3 Å². The maximum atomic E-state index is 12.3. The van der Waals surface area contributed by atoms with E-state index in [1.54, 1.807) is 12.1 Å². The van der Waals surface area contributed by atoms with Crippen LogP contribution in [0, 0.1) is 13.8 Å². The van der Waals surface area contributed by atoms with Crippen molar-refractivity contribution in [1.82, 2.24) is 15.1 Å². The van der Waals surface area contributed by atoms with E-state index in [4.69, 9.17) is 0 Å². The fraction of sp³-hybridized carbons (Fsp3) is 0.353. The van der Waals surface area contributed by atoms with Crippen molar-refractivity contribution in [3.63, 3.8) is 0 Å². The molecule has 3 rings (SSSR count). The SMILES string of the molecule is Cc1[nH]nc(NC(=O)c2ccc(CN3CCCC3=O)cc2)c1C. The maximum absolute atomic E-state index is 12.3. The fourth-order valence-electron chi connectivity index (χ4n) is 2.64.